The molecule has 4 heteroatoms. The van der Waals surface area contributed by atoms with Crippen LogP contribution in [-0.2, 0) is 0 Å². The van der Waals surface area contributed by atoms with Crippen molar-refractivity contribution in [2.75, 3.05) is 0 Å². The number of halogens is 3. The zero-order valence-corrected chi connectivity index (χ0v) is 6.81. The van der Waals surface area contributed by atoms with Crippen molar-refractivity contribution < 1.29 is 8.78 Å². The molecule has 12 heavy (non-hydrogen) atoms. The first kappa shape index (κ1) is 10.9. The van der Waals surface area contributed by atoms with Gasteiger partial charge in [0.15, 0.2) is 0 Å². The number of alkyl halides is 2. The Kier molecular flexibility index (Phi) is 4.24. The second kappa shape index (κ2) is 4.68. The average molecular weight is 190 g/mol. The maximum atomic E-state index is 12.1. The van der Waals surface area contributed by atoms with Crippen molar-refractivity contribution in [3.63, 3.8) is 0 Å². The van der Waals surface area contributed by atoms with E-state index in [9.17, 15) is 8.78 Å². The highest BCUT2D eigenvalue weighted by Gasteiger charge is 2.10. The summed E-state index contributed by atoms with van der Waals surface area (Å²) in [4.78, 5) is 0. The predicted octanol–water partition coefficient (Wildman–Crippen LogP) is 2.92. The van der Waals surface area contributed by atoms with Crippen LogP contribution in [0.3, 0.4) is 0 Å². The standard InChI is InChI=1S/C8H5F2N.ClH/c9-8(10)7-4-2-1-3-6(7)5-11;/h1-4,8H;1H. The molecule has 1 aromatic rings. The molecule has 0 unspecified atom stereocenters. The van der Waals surface area contributed by atoms with Crippen LogP contribution in [0.2, 0.25) is 0 Å². The summed E-state index contributed by atoms with van der Waals surface area (Å²) in [5.74, 6) is 0. The van der Waals surface area contributed by atoms with E-state index in [1.165, 1.54) is 18.2 Å². The van der Waals surface area contributed by atoms with Crippen LogP contribution in [0.5, 0.6) is 0 Å². The fourth-order valence-electron chi connectivity index (χ4n) is 0.789. The van der Waals surface area contributed by atoms with Crippen molar-refractivity contribution in [1.82, 2.24) is 0 Å². The van der Waals surface area contributed by atoms with Gasteiger partial charge in [0.2, 0.25) is 0 Å². The summed E-state index contributed by atoms with van der Waals surface area (Å²) >= 11 is 0. The van der Waals surface area contributed by atoms with Gasteiger partial charge in [0.25, 0.3) is 6.43 Å². The lowest BCUT2D eigenvalue weighted by atomic mass is 10.1. The van der Waals surface area contributed by atoms with Gasteiger partial charge in [-0.05, 0) is 6.07 Å². The summed E-state index contributed by atoms with van der Waals surface area (Å²) in [5.41, 5.74) is -0.155. The van der Waals surface area contributed by atoms with Gasteiger partial charge in [-0.3, -0.25) is 0 Å². The van der Waals surface area contributed by atoms with Crippen molar-refractivity contribution >= 4 is 12.4 Å². The van der Waals surface area contributed by atoms with Gasteiger partial charge in [0.1, 0.15) is 0 Å². The molecule has 0 aliphatic rings. The zero-order valence-electron chi connectivity index (χ0n) is 6.00. The Hall–Kier alpha value is -1.14. The molecule has 0 radical (unpaired) electrons. The quantitative estimate of drug-likeness (QED) is 0.667. The van der Waals surface area contributed by atoms with E-state index in [4.69, 9.17) is 5.26 Å². The van der Waals surface area contributed by atoms with E-state index in [2.05, 4.69) is 0 Å². The topological polar surface area (TPSA) is 23.8 Å². The Balaban J connectivity index is 0.00000121. The molecule has 64 valence electrons. The molecule has 0 fully saturated rings. The molecule has 0 saturated carbocycles. The molecule has 1 aromatic carbocycles. The number of hydrogen-bond donors (Lipinski definition) is 0. The van der Waals surface area contributed by atoms with Gasteiger partial charge in [0, 0.05) is 5.56 Å². The Morgan fingerprint density at radius 3 is 2.25 bits per heavy atom. The minimum absolute atomic E-state index is 0. The fourth-order valence-corrected chi connectivity index (χ4v) is 0.789. The molecule has 0 bridgehead atoms. The van der Waals surface area contributed by atoms with Gasteiger partial charge >= 0.3 is 0 Å². The lowest BCUT2D eigenvalue weighted by molar-refractivity contribution is 0.151. The first-order chi connectivity index (χ1) is 5.25. The molecule has 1 nitrogen and oxygen atoms in total. The molecule has 0 saturated heterocycles. The van der Waals surface area contributed by atoms with E-state index in [0.717, 1.165) is 0 Å². The van der Waals surface area contributed by atoms with Crippen LogP contribution in [-0.4, -0.2) is 0 Å². The second-order valence-electron chi connectivity index (χ2n) is 2.00. The van der Waals surface area contributed by atoms with Crippen LogP contribution in [0.1, 0.15) is 17.6 Å². The van der Waals surface area contributed by atoms with Crippen molar-refractivity contribution in [3.05, 3.63) is 35.4 Å². The normalized spacial score (nSPS) is 8.83. The molecule has 0 spiro atoms. The second-order valence-corrected chi connectivity index (χ2v) is 2.00. The molecule has 0 amide bonds. The average Bonchev–Trinajstić information content (AvgIpc) is 2.04. The van der Waals surface area contributed by atoms with E-state index < -0.39 is 6.43 Å². The lowest BCUT2D eigenvalue weighted by Gasteiger charge is -1.99. The van der Waals surface area contributed by atoms with Gasteiger partial charge in [-0.2, -0.15) is 5.26 Å². The van der Waals surface area contributed by atoms with Gasteiger partial charge < -0.3 is 0 Å². The smallest absolute Gasteiger partial charge is 0.205 e. The Morgan fingerprint density at radius 1 is 1.25 bits per heavy atom. The minimum atomic E-state index is -2.56. The van der Waals surface area contributed by atoms with Crippen LogP contribution in [0.15, 0.2) is 24.3 Å². The van der Waals surface area contributed by atoms with E-state index in [0.29, 0.717) is 0 Å². The molecule has 0 aromatic heterocycles. The third-order valence-electron chi connectivity index (χ3n) is 1.32. The molecular weight excluding hydrogens is 184 g/mol. The molecule has 0 atom stereocenters. The molecular formula is C8H6ClF2N. The van der Waals surface area contributed by atoms with Crippen molar-refractivity contribution in [2.24, 2.45) is 0 Å². The number of rotatable bonds is 1. The summed E-state index contributed by atoms with van der Waals surface area (Å²) < 4.78 is 24.1. The number of nitriles is 1. The maximum Gasteiger partial charge on any atom is 0.265 e. The van der Waals surface area contributed by atoms with Gasteiger partial charge in [-0.15, -0.1) is 12.4 Å². The highest BCUT2D eigenvalue weighted by molar-refractivity contribution is 5.85. The van der Waals surface area contributed by atoms with Crippen LogP contribution in [0.25, 0.3) is 0 Å². The fraction of sp³-hybridized carbons (Fsp3) is 0.125. The Morgan fingerprint density at radius 2 is 1.83 bits per heavy atom. The number of benzene rings is 1. The zero-order chi connectivity index (χ0) is 8.27. The monoisotopic (exact) mass is 189 g/mol. The van der Waals surface area contributed by atoms with Crippen LogP contribution in [0.4, 0.5) is 8.78 Å². The number of nitrogens with zero attached hydrogens (tertiary/aromatic N) is 1. The largest absolute Gasteiger partial charge is 0.265 e. The van der Waals surface area contributed by atoms with E-state index in [-0.39, 0.29) is 23.5 Å². The van der Waals surface area contributed by atoms with E-state index in [1.807, 2.05) is 0 Å². The summed E-state index contributed by atoms with van der Waals surface area (Å²) in [5, 5.41) is 8.38. The summed E-state index contributed by atoms with van der Waals surface area (Å²) in [6.07, 6.45) is -2.56. The van der Waals surface area contributed by atoms with Crippen molar-refractivity contribution in [2.45, 2.75) is 6.43 Å². The summed E-state index contributed by atoms with van der Waals surface area (Å²) in [6, 6.07) is 7.37. The first-order valence-electron chi connectivity index (χ1n) is 3.03. The molecule has 1 rings (SSSR count). The highest BCUT2D eigenvalue weighted by atomic mass is 35.5. The number of hydrogen-bond acceptors (Lipinski definition) is 1. The summed E-state index contributed by atoms with van der Waals surface area (Å²) in [6.45, 7) is 0. The molecule has 0 aliphatic heterocycles. The molecule has 0 aliphatic carbocycles. The third-order valence-corrected chi connectivity index (χ3v) is 1.32. The first-order valence-corrected chi connectivity index (χ1v) is 3.03. The maximum absolute atomic E-state index is 12.1. The van der Waals surface area contributed by atoms with Crippen LogP contribution >= 0.6 is 12.4 Å². The highest BCUT2D eigenvalue weighted by Crippen LogP contribution is 2.21. The van der Waals surface area contributed by atoms with Gasteiger partial charge in [-0.1, -0.05) is 18.2 Å². The lowest BCUT2D eigenvalue weighted by Crippen LogP contribution is -1.88. The Bertz CT molecular complexity index is 293. The van der Waals surface area contributed by atoms with E-state index in [1.54, 1.807) is 12.1 Å². The van der Waals surface area contributed by atoms with Crippen LogP contribution < -0.4 is 0 Å². The SMILES string of the molecule is Cl.N#Cc1ccccc1C(F)F. The predicted molar refractivity (Wildman–Crippen MR) is 43.4 cm³/mol. The minimum Gasteiger partial charge on any atom is -0.205 e. The van der Waals surface area contributed by atoms with E-state index >= 15 is 0 Å². The van der Waals surface area contributed by atoms with Gasteiger partial charge in [0.05, 0.1) is 11.6 Å². The molecule has 0 heterocycles. The third kappa shape index (κ3) is 2.18. The van der Waals surface area contributed by atoms with Crippen molar-refractivity contribution in [1.29, 1.82) is 5.26 Å². The summed E-state index contributed by atoms with van der Waals surface area (Å²) in [7, 11) is 0. The van der Waals surface area contributed by atoms with Crippen molar-refractivity contribution in [3.8, 4) is 6.07 Å². The van der Waals surface area contributed by atoms with Gasteiger partial charge in [-0.25, -0.2) is 8.78 Å². The Labute approximate surface area is 75.0 Å². The van der Waals surface area contributed by atoms with Crippen LogP contribution in [0, 0.1) is 11.3 Å². The molecule has 0 N–H and O–H groups in total.